The Hall–Kier alpha value is -0.870. The van der Waals surface area contributed by atoms with Gasteiger partial charge in [-0.05, 0) is 29.7 Å². The maximum atomic E-state index is 5.95. The van der Waals surface area contributed by atoms with E-state index in [-0.39, 0.29) is 6.04 Å². The highest BCUT2D eigenvalue weighted by Crippen LogP contribution is 2.30. The van der Waals surface area contributed by atoms with Crippen molar-refractivity contribution in [3.8, 4) is 0 Å². The molecule has 2 rings (SSSR count). The van der Waals surface area contributed by atoms with Gasteiger partial charge < -0.3 is 0 Å². The number of thiophene rings is 1. The van der Waals surface area contributed by atoms with Crippen LogP contribution in [0.4, 0.5) is 0 Å². The monoisotopic (exact) mass is 266 g/mol. The molecule has 1 aromatic carbocycles. The van der Waals surface area contributed by atoms with Gasteiger partial charge >= 0.3 is 0 Å². The predicted octanol–water partition coefficient (Wildman–Crippen LogP) is 3.52. The first-order valence-electron chi connectivity index (χ1n) is 5.54. The molecule has 0 saturated heterocycles. The fraction of sp³-hybridized carbons (Fsp3) is 0.231. The van der Waals surface area contributed by atoms with Gasteiger partial charge in [0.2, 0.25) is 0 Å². The van der Waals surface area contributed by atoms with E-state index in [2.05, 4.69) is 36.6 Å². The SMILES string of the molecule is CCc1ccc(C(NN)c2ccc(Cl)s2)cc1. The van der Waals surface area contributed by atoms with Crippen molar-refractivity contribution < 1.29 is 0 Å². The second-order valence-electron chi connectivity index (χ2n) is 3.84. The third-order valence-corrected chi connectivity index (χ3v) is 4.06. The molecule has 1 aromatic heterocycles. The average molecular weight is 267 g/mol. The lowest BCUT2D eigenvalue weighted by molar-refractivity contribution is 0.646. The minimum Gasteiger partial charge on any atom is -0.271 e. The summed E-state index contributed by atoms with van der Waals surface area (Å²) in [6.45, 7) is 2.15. The van der Waals surface area contributed by atoms with Crippen molar-refractivity contribution in [1.29, 1.82) is 0 Å². The van der Waals surface area contributed by atoms with E-state index in [0.717, 1.165) is 21.2 Å². The highest BCUT2D eigenvalue weighted by Gasteiger charge is 2.14. The smallest absolute Gasteiger partial charge is 0.0931 e. The largest absolute Gasteiger partial charge is 0.271 e. The molecule has 1 heterocycles. The van der Waals surface area contributed by atoms with Crippen molar-refractivity contribution >= 4 is 22.9 Å². The molecule has 90 valence electrons. The van der Waals surface area contributed by atoms with Crippen LogP contribution in [-0.2, 0) is 6.42 Å². The third kappa shape index (κ3) is 2.87. The van der Waals surface area contributed by atoms with Gasteiger partial charge in [0.1, 0.15) is 0 Å². The molecule has 0 saturated carbocycles. The Morgan fingerprint density at radius 1 is 1.24 bits per heavy atom. The minimum absolute atomic E-state index is 0.0124. The lowest BCUT2D eigenvalue weighted by Gasteiger charge is -2.15. The van der Waals surface area contributed by atoms with Crippen LogP contribution in [0.15, 0.2) is 36.4 Å². The first-order valence-corrected chi connectivity index (χ1v) is 6.74. The number of rotatable bonds is 4. The van der Waals surface area contributed by atoms with E-state index in [1.807, 2.05) is 12.1 Å². The number of benzene rings is 1. The molecule has 4 heteroatoms. The Morgan fingerprint density at radius 3 is 2.41 bits per heavy atom. The fourth-order valence-corrected chi connectivity index (χ4v) is 2.92. The van der Waals surface area contributed by atoms with Crippen LogP contribution in [0.25, 0.3) is 0 Å². The van der Waals surface area contributed by atoms with E-state index >= 15 is 0 Å². The molecule has 1 atom stereocenters. The van der Waals surface area contributed by atoms with Gasteiger partial charge in [0.25, 0.3) is 0 Å². The molecular formula is C13H15ClN2S. The van der Waals surface area contributed by atoms with Gasteiger partial charge in [-0.1, -0.05) is 42.8 Å². The summed E-state index contributed by atoms with van der Waals surface area (Å²) in [4.78, 5) is 1.13. The van der Waals surface area contributed by atoms with Crippen molar-refractivity contribution in [3.63, 3.8) is 0 Å². The van der Waals surface area contributed by atoms with E-state index in [1.165, 1.54) is 5.56 Å². The van der Waals surface area contributed by atoms with E-state index in [4.69, 9.17) is 17.4 Å². The number of hydrogen-bond acceptors (Lipinski definition) is 3. The maximum absolute atomic E-state index is 5.95. The van der Waals surface area contributed by atoms with Crippen molar-refractivity contribution in [2.45, 2.75) is 19.4 Å². The molecule has 0 aliphatic rings. The second kappa shape index (κ2) is 5.65. The topological polar surface area (TPSA) is 38.0 Å². The molecule has 0 aliphatic heterocycles. The minimum atomic E-state index is 0.0124. The second-order valence-corrected chi connectivity index (χ2v) is 5.58. The van der Waals surface area contributed by atoms with Crippen LogP contribution in [0, 0.1) is 0 Å². The molecule has 0 radical (unpaired) electrons. The summed E-state index contributed by atoms with van der Waals surface area (Å²) >= 11 is 7.49. The zero-order chi connectivity index (χ0) is 12.3. The Kier molecular flexibility index (Phi) is 4.18. The molecule has 0 aliphatic carbocycles. The third-order valence-electron chi connectivity index (χ3n) is 2.77. The van der Waals surface area contributed by atoms with Gasteiger partial charge in [-0.25, -0.2) is 5.43 Å². The predicted molar refractivity (Wildman–Crippen MR) is 74.3 cm³/mol. The molecule has 17 heavy (non-hydrogen) atoms. The van der Waals surface area contributed by atoms with E-state index in [1.54, 1.807) is 11.3 Å². The van der Waals surface area contributed by atoms with Gasteiger partial charge in [-0.3, -0.25) is 5.84 Å². The molecule has 2 nitrogen and oxygen atoms in total. The zero-order valence-electron chi connectivity index (χ0n) is 9.61. The summed E-state index contributed by atoms with van der Waals surface area (Å²) in [6, 6.07) is 12.4. The quantitative estimate of drug-likeness (QED) is 0.656. The fourth-order valence-electron chi connectivity index (χ4n) is 1.77. The number of aryl methyl sites for hydroxylation is 1. The molecule has 0 spiro atoms. The Bertz CT molecular complexity index is 478. The number of halogens is 1. The maximum Gasteiger partial charge on any atom is 0.0931 e. The van der Waals surface area contributed by atoms with Crippen LogP contribution in [0.3, 0.4) is 0 Å². The number of nitrogens with one attached hydrogen (secondary N) is 1. The first-order chi connectivity index (χ1) is 8.24. The molecule has 0 bridgehead atoms. The molecular weight excluding hydrogens is 252 g/mol. The van der Waals surface area contributed by atoms with Crippen LogP contribution in [-0.4, -0.2) is 0 Å². The van der Waals surface area contributed by atoms with E-state index in [9.17, 15) is 0 Å². The van der Waals surface area contributed by atoms with Gasteiger partial charge in [-0.15, -0.1) is 11.3 Å². The molecule has 1 unspecified atom stereocenters. The van der Waals surface area contributed by atoms with Crippen LogP contribution < -0.4 is 11.3 Å². The van der Waals surface area contributed by atoms with E-state index < -0.39 is 0 Å². The highest BCUT2D eigenvalue weighted by atomic mass is 35.5. The van der Waals surface area contributed by atoms with Gasteiger partial charge in [0.15, 0.2) is 0 Å². The normalized spacial score (nSPS) is 12.6. The molecule has 3 N–H and O–H groups in total. The number of nitrogens with two attached hydrogens (primary N) is 1. The van der Waals surface area contributed by atoms with Gasteiger partial charge in [0, 0.05) is 4.88 Å². The summed E-state index contributed by atoms with van der Waals surface area (Å²) in [5, 5.41) is 0. The van der Waals surface area contributed by atoms with Crippen LogP contribution in [0.1, 0.15) is 29.0 Å². The molecule has 0 amide bonds. The van der Waals surface area contributed by atoms with Crippen molar-refractivity contribution in [3.05, 3.63) is 56.7 Å². The van der Waals surface area contributed by atoms with Gasteiger partial charge in [-0.2, -0.15) is 0 Å². The Labute approximate surface area is 110 Å². The Morgan fingerprint density at radius 2 is 1.94 bits per heavy atom. The van der Waals surface area contributed by atoms with Crippen molar-refractivity contribution in [2.24, 2.45) is 5.84 Å². The Balaban J connectivity index is 2.28. The highest BCUT2D eigenvalue weighted by molar-refractivity contribution is 7.16. The van der Waals surface area contributed by atoms with Crippen molar-refractivity contribution in [2.75, 3.05) is 0 Å². The molecule has 0 fully saturated rings. The lowest BCUT2D eigenvalue weighted by Crippen LogP contribution is -2.28. The van der Waals surface area contributed by atoms with E-state index in [0.29, 0.717) is 0 Å². The average Bonchev–Trinajstić information content (AvgIpc) is 2.78. The summed E-state index contributed by atoms with van der Waals surface area (Å²) in [7, 11) is 0. The molecule has 2 aromatic rings. The van der Waals surface area contributed by atoms with Crippen molar-refractivity contribution in [1.82, 2.24) is 5.43 Å². The first kappa shape index (κ1) is 12.6. The zero-order valence-corrected chi connectivity index (χ0v) is 11.2. The standard InChI is InChI=1S/C13H15ClN2S/c1-2-9-3-5-10(6-4-9)13(16-15)11-7-8-12(14)17-11/h3-8,13,16H,2,15H2,1H3. The summed E-state index contributed by atoms with van der Waals surface area (Å²) in [5.74, 6) is 5.63. The van der Waals surface area contributed by atoms with Crippen LogP contribution in [0.5, 0.6) is 0 Å². The van der Waals surface area contributed by atoms with Gasteiger partial charge in [0.05, 0.1) is 10.4 Å². The number of hydrogen-bond donors (Lipinski definition) is 2. The summed E-state index contributed by atoms with van der Waals surface area (Å²) in [5.41, 5.74) is 5.32. The summed E-state index contributed by atoms with van der Waals surface area (Å²) in [6.07, 6.45) is 1.05. The lowest BCUT2D eigenvalue weighted by atomic mass is 10.0. The summed E-state index contributed by atoms with van der Waals surface area (Å²) < 4.78 is 0.783. The number of hydrazine groups is 1. The van der Waals surface area contributed by atoms with Crippen LogP contribution >= 0.6 is 22.9 Å². The van der Waals surface area contributed by atoms with Crippen LogP contribution in [0.2, 0.25) is 4.34 Å².